The molecule has 0 saturated carbocycles. The van der Waals surface area contributed by atoms with E-state index >= 15 is 0 Å². The monoisotopic (exact) mass is 525 g/mol. The van der Waals surface area contributed by atoms with E-state index in [1.54, 1.807) is 19.9 Å². The van der Waals surface area contributed by atoms with E-state index < -0.39 is 12.0 Å². The van der Waals surface area contributed by atoms with E-state index in [2.05, 4.69) is 11.8 Å². The van der Waals surface area contributed by atoms with Crippen LogP contribution in [0.4, 0.5) is 0 Å². The average molecular weight is 526 g/mol. The maximum Gasteiger partial charge on any atom is 0.342 e. The third kappa shape index (κ3) is 4.23. The summed E-state index contributed by atoms with van der Waals surface area (Å²) >= 11 is 13.1. The number of likely N-dealkylation sites (tertiary alicyclic amines) is 1. The summed E-state index contributed by atoms with van der Waals surface area (Å²) in [5.41, 5.74) is 2.31. The highest BCUT2D eigenvalue weighted by atomic mass is 35.5. The van der Waals surface area contributed by atoms with Crippen LogP contribution in [0.1, 0.15) is 60.0 Å². The fraction of sp³-hybridized carbons (Fsp3) is 0.345. The lowest BCUT2D eigenvalue weighted by Crippen LogP contribution is -2.37. The van der Waals surface area contributed by atoms with Crippen LogP contribution in [0.3, 0.4) is 0 Å². The van der Waals surface area contributed by atoms with Crippen molar-refractivity contribution in [2.75, 3.05) is 19.7 Å². The Kier molecular flexibility index (Phi) is 6.90. The second kappa shape index (κ2) is 9.97. The van der Waals surface area contributed by atoms with Gasteiger partial charge in [-0.25, -0.2) is 4.79 Å². The Morgan fingerprint density at radius 2 is 1.86 bits per heavy atom. The van der Waals surface area contributed by atoms with Gasteiger partial charge in [-0.05, 0) is 63.4 Å². The van der Waals surface area contributed by atoms with E-state index in [9.17, 15) is 9.90 Å². The van der Waals surface area contributed by atoms with Crippen LogP contribution in [0.15, 0.2) is 46.9 Å². The Hall–Kier alpha value is -2.73. The van der Waals surface area contributed by atoms with Gasteiger partial charge in [0.25, 0.3) is 0 Å². The van der Waals surface area contributed by atoms with Crippen LogP contribution >= 0.6 is 23.2 Å². The number of phenols is 1. The number of nitrogens with zero attached hydrogens (tertiary/aromatic N) is 1. The molecule has 1 aliphatic rings. The zero-order chi connectivity index (χ0) is 25.6. The molecule has 1 saturated heterocycles. The van der Waals surface area contributed by atoms with Crippen molar-refractivity contribution >= 4 is 50.9 Å². The molecule has 5 rings (SSSR count). The van der Waals surface area contributed by atoms with Crippen LogP contribution in [0, 0.1) is 12.8 Å². The van der Waals surface area contributed by atoms with E-state index in [-0.39, 0.29) is 12.4 Å². The zero-order valence-corrected chi connectivity index (χ0v) is 22.1. The van der Waals surface area contributed by atoms with Crippen molar-refractivity contribution in [2.24, 2.45) is 5.92 Å². The van der Waals surface area contributed by atoms with Crippen molar-refractivity contribution < 1.29 is 19.1 Å². The fourth-order valence-corrected chi connectivity index (χ4v) is 5.91. The summed E-state index contributed by atoms with van der Waals surface area (Å²) in [6.45, 7) is 7.67. The number of furan rings is 1. The molecule has 7 heteroatoms. The van der Waals surface area contributed by atoms with Gasteiger partial charge >= 0.3 is 5.97 Å². The van der Waals surface area contributed by atoms with Crippen molar-refractivity contribution in [1.82, 2.24) is 4.90 Å². The predicted octanol–water partition coefficient (Wildman–Crippen LogP) is 7.90. The molecule has 5 nitrogen and oxygen atoms in total. The minimum Gasteiger partial charge on any atom is -0.507 e. The standard InChI is InChI=1S/C29H29Cl2NO4/c1-4-35-29(34)23-17(3)36-28-20-8-6-5-7-19(20)27(33)25(24(23)28)26(32-13-11-16(2)12-14-32)21-10-9-18(30)15-22(21)31/h5-10,15-16,26,33H,4,11-14H2,1-3H3. The molecule has 1 aliphatic heterocycles. The van der Waals surface area contributed by atoms with Crippen LogP contribution in [0.2, 0.25) is 10.0 Å². The normalized spacial score (nSPS) is 16.0. The van der Waals surface area contributed by atoms with Gasteiger partial charge in [-0.1, -0.05) is 60.5 Å². The molecule has 36 heavy (non-hydrogen) atoms. The molecular weight excluding hydrogens is 497 g/mol. The van der Waals surface area contributed by atoms with Gasteiger partial charge in [0.15, 0.2) is 0 Å². The lowest BCUT2D eigenvalue weighted by molar-refractivity contribution is 0.0526. The zero-order valence-electron chi connectivity index (χ0n) is 20.6. The maximum atomic E-state index is 13.2. The van der Waals surface area contributed by atoms with Crippen LogP contribution in [0.5, 0.6) is 5.75 Å². The number of fused-ring (bicyclic) bond motifs is 3. The molecule has 2 heterocycles. The third-order valence-electron chi connectivity index (χ3n) is 7.23. The van der Waals surface area contributed by atoms with Crippen molar-refractivity contribution in [3.63, 3.8) is 0 Å². The highest BCUT2D eigenvalue weighted by Crippen LogP contribution is 2.49. The summed E-state index contributed by atoms with van der Waals surface area (Å²) < 4.78 is 11.7. The predicted molar refractivity (Wildman–Crippen MR) is 144 cm³/mol. The Bertz CT molecular complexity index is 1450. The third-order valence-corrected chi connectivity index (χ3v) is 7.79. The number of aromatic hydroxyl groups is 1. The first-order valence-electron chi connectivity index (χ1n) is 12.3. The van der Waals surface area contributed by atoms with Gasteiger partial charge in [0, 0.05) is 31.8 Å². The molecule has 0 spiro atoms. The fourth-order valence-electron chi connectivity index (χ4n) is 5.40. The number of aryl methyl sites for hydroxylation is 1. The van der Waals surface area contributed by atoms with E-state index in [4.69, 9.17) is 32.4 Å². The van der Waals surface area contributed by atoms with E-state index in [0.717, 1.165) is 36.9 Å². The van der Waals surface area contributed by atoms with Gasteiger partial charge in [-0.2, -0.15) is 0 Å². The molecule has 3 aromatic carbocycles. The number of hydrogen-bond acceptors (Lipinski definition) is 5. The summed E-state index contributed by atoms with van der Waals surface area (Å²) in [5.74, 6) is 0.699. The van der Waals surface area contributed by atoms with Gasteiger partial charge in [-0.3, -0.25) is 4.90 Å². The number of carbonyl (C=O) groups excluding carboxylic acids is 1. The topological polar surface area (TPSA) is 62.9 Å². The number of esters is 1. The number of phenolic OH excluding ortho intramolecular Hbond substituents is 1. The Balaban J connectivity index is 1.89. The van der Waals surface area contributed by atoms with Gasteiger partial charge < -0.3 is 14.3 Å². The van der Waals surface area contributed by atoms with Crippen molar-refractivity contribution in [2.45, 2.75) is 39.7 Å². The molecule has 4 aromatic rings. The molecule has 1 aromatic heterocycles. The molecule has 1 atom stereocenters. The lowest BCUT2D eigenvalue weighted by Gasteiger charge is -2.38. The molecule has 188 valence electrons. The SMILES string of the molecule is CCOC(=O)c1c(C)oc2c1c(C(c1ccc(Cl)cc1Cl)N1CCC(C)CC1)c(O)c1ccccc12. The first-order chi connectivity index (χ1) is 17.3. The highest BCUT2D eigenvalue weighted by Gasteiger charge is 2.35. The smallest absolute Gasteiger partial charge is 0.342 e. The lowest BCUT2D eigenvalue weighted by atomic mass is 9.87. The Morgan fingerprint density at radius 1 is 1.17 bits per heavy atom. The highest BCUT2D eigenvalue weighted by molar-refractivity contribution is 6.35. The molecule has 1 fully saturated rings. The van der Waals surface area contributed by atoms with Crippen molar-refractivity contribution in [3.05, 3.63) is 75.0 Å². The van der Waals surface area contributed by atoms with Crippen LogP contribution in [0.25, 0.3) is 21.7 Å². The number of rotatable bonds is 5. The summed E-state index contributed by atoms with van der Waals surface area (Å²) in [5, 5.41) is 14.9. The van der Waals surface area contributed by atoms with Gasteiger partial charge in [-0.15, -0.1) is 0 Å². The van der Waals surface area contributed by atoms with Crippen molar-refractivity contribution in [3.8, 4) is 5.75 Å². The Morgan fingerprint density at radius 3 is 2.53 bits per heavy atom. The molecule has 0 amide bonds. The van der Waals surface area contributed by atoms with Crippen molar-refractivity contribution in [1.29, 1.82) is 0 Å². The molecule has 0 radical (unpaired) electrons. The Labute approximate surface area is 220 Å². The number of carbonyl (C=O) groups is 1. The number of hydrogen-bond donors (Lipinski definition) is 1. The molecule has 0 bridgehead atoms. The first-order valence-corrected chi connectivity index (χ1v) is 13.1. The summed E-state index contributed by atoms with van der Waals surface area (Å²) in [7, 11) is 0. The summed E-state index contributed by atoms with van der Waals surface area (Å²) in [6, 6.07) is 12.6. The summed E-state index contributed by atoms with van der Waals surface area (Å²) in [4.78, 5) is 15.5. The van der Waals surface area contributed by atoms with Crippen LogP contribution in [-0.2, 0) is 4.74 Å². The first kappa shape index (κ1) is 24.9. The quantitative estimate of drug-likeness (QED) is 0.268. The van der Waals surface area contributed by atoms with Crippen LogP contribution < -0.4 is 0 Å². The number of benzene rings is 3. The molecule has 0 aliphatic carbocycles. The van der Waals surface area contributed by atoms with E-state index in [1.807, 2.05) is 36.4 Å². The minimum atomic E-state index is -0.474. The largest absolute Gasteiger partial charge is 0.507 e. The minimum absolute atomic E-state index is 0.110. The molecule has 1 unspecified atom stereocenters. The maximum absolute atomic E-state index is 13.2. The van der Waals surface area contributed by atoms with Crippen LogP contribution in [-0.4, -0.2) is 35.7 Å². The number of halogens is 2. The molecule has 1 N–H and O–H groups in total. The second-order valence-electron chi connectivity index (χ2n) is 9.55. The van der Waals surface area contributed by atoms with E-state index in [1.165, 1.54) is 0 Å². The second-order valence-corrected chi connectivity index (χ2v) is 10.4. The van der Waals surface area contributed by atoms with Gasteiger partial charge in [0.05, 0.1) is 12.6 Å². The number of ether oxygens (including phenoxy) is 1. The average Bonchev–Trinajstić information content (AvgIpc) is 3.20. The molecular formula is C29H29Cl2NO4. The summed E-state index contributed by atoms with van der Waals surface area (Å²) in [6.07, 6.45) is 2.04. The van der Waals surface area contributed by atoms with E-state index in [0.29, 0.717) is 49.2 Å². The van der Waals surface area contributed by atoms with Gasteiger partial charge in [0.1, 0.15) is 22.7 Å². The van der Waals surface area contributed by atoms with Gasteiger partial charge in [0.2, 0.25) is 0 Å². The number of piperidine rings is 1.